The van der Waals surface area contributed by atoms with E-state index in [0.717, 1.165) is 31.9 Å². The predicted octanol–water partition coefficient (Wildman–Crippen LogP) is 6.12. The number of halogens is 1. The van der Waals surface area contributed by atoms with Crippen molar-refractivity contribution < 1.29 is 18.0 Å². The molecule has 0 saturated heterocycles. The molecule has 7 nitrogen and oxygen atoms in total. The van der Waals surface area contributed by atoms with Gasteiger partial charge in [-0.15, -0.1) is 0 Å². The smallest absolute Gasteiger partial charge is 0.264 e. The second kappa shape index (κ2) is 15.0. The lowest BCUT2D eigenvalue weighted by Crippen LogP contribution is -2.53. The highest BCUT2D eigenvalue weighted by atomic mass is 79.9. The standard InChI is InChI=1S/C34H36BrN3O4S/c1-3-22-36-34(40)32(23-27-10-6-4-7-11-27)37(24-28-12-8-5-9-13-28)33(39)25-38(30-18-16-29(35)17-19-30)43(41,42)31-20-14-26(2)15-21-31/h4-21,32H,3,22-25H2,1-2H3,(H,36,40)/t32-/m1/s1. The molecule has 2 amide bonds. The molecule has 4 rings (SSSR count). The maximum absolute atomic E-state index is 14.4. The third-order valence-electron chi connectivity index (χ3n) is 7.02. The fourth-order valence-corrected chi connectivity index (χ4v) is 6.35. The predicted molar refractivity (Wildman–Crippen MR) is 174 cm³/mol. The first-order valence-corrected chi connectivity index (χ1v) is 16.4. The van der Waals surface area contributed by atoms with E-state index in [-0.39, 0.29) is 23.8 Å². The summed E-state index contributed by atoms with van der Waals surface area (Å²) in [5.41, 5.74) is 2.98. The van der Waals surface area contributed by atoms with Gasteiger partial charge in [0.05, 0.1) is 10.6 Å². The Labute approximate surface area is 262 Å². The third-order valence-corrected chi connectivity index (χ3v) is 9.34. The molecule has 1 N–H and O–H groups in total. The summed E-state index contributed by atoms with van der Waals surface area (Å²) in [5.74, 6) is -0.776. The van der Waals surface area contributed by atoms with Crippen LogP contribution in [0, 0.1) is 6.92 Å². The van der Waals surface area contributed by atoms with Crippen LogP contribution in [0.3, 0.4) is 0 Å². The van der Waals surface area contributed by atoms with Crippen LogP contribution in [0.25, 0.3) is 0 Å². The van der Waals surface area contributed by atoms with Crippen molar-refractivity contribution in [3.63, 3.8) is 0 Å². The number of aryl methyl sites for hydroxylation is 1. The number of hydrogen-bond donors (Lipinski definition) is 1. The largest absolute Gasteiger partial charge is 0.354 e. The molecule has 0 aliphatic carbocycles. The first kappa shape index (κ1) is 32.0. The number of anilines is 1. The maximum Gasteiger partial charge on any atom is 0.264 e. The average Bonchev–Trinajstić information content (AvgIpc) is 3.02. The minimum absolute atomic E-state index is 0.0740. The van der Waals surface area contributed by atoms with Gasteiger partial charge in [0.2, 0.25) is 11.8 Å². The molecular weight excluding hydrogens is 626 g/mol. The van der Waals surface area contributed by atoms with E-state index in [1.807, 2.05) is 74.5 Å². The number of rotatable bonds is 13. The highest BCUT2D eigenvalue weighted by molar-refractivity contribution is 9.10. The lowest BCUT2D eigenvalue weighted by atomic mass is 10.0. The lowest BCUT2D eigenvalue weighted by molar-refractivity contribution is -0.140. The Kier molecular flexibility index (Phi) is 11.1. The zero-order valence-corrected chi connectivity index (χ0v) is 26.7. The monoisotopic (exact) mass is 661 g/mol. The van der Waals surface area contributed by atoms with Crippen LogP contribution in [0.1, 0.15) is 30.0 Å². The van der Waals surface area contributed by atoms with Gasteiger partial charge >= 0.3 is 0 Å². The SMILES string of the molecule is CCCNC(=O)[C@@H](Cc1ccccc1)N(Cc1ccccc1)C(=O)CN(c1ccc(Br)cc1)S(=O)(=O)c1ccc(C)cc1. The molecule has 0 heterocycles. The molecule has 0 unspecified atom stereocenters. The lowest BCUT2D eigenvalue weighted by Gasteiger charge is -2.34. The summed E-state index contributed by atoms with van der Waals surface area (Å²) in [7, 11) is -4.13. The number of sulfonamides is 1. The first-order valence-electron chi connectivity index (χ1n) is 14.2. The van der Waals surface area contributed by atoms with Gasteiger partial charge in [0.15, 0.2) is 0 Å². The van der Waals surface area contributed by atoms with Crippen molar-refractivity contribution >= 4 is 43.5 Å². The number of benzene rings is 4. The molecule has 4 aromatic carbocycles. The molecule has 0 saturated carbocycles. The van der Waals surface area contributed by atoms with Gasteiger partial charge in [-0.2, -0.15) is 0 Å². The van der Waals surface area contributed by atoms with Crippen LogP contribution in [0.2, 0.25) is 0 Å². The molecule has 9 heteroatoms. The molecule has 0 radical (unpaired) electrons. The van der Waals surface area contributed by atoms with Gasteiger partial charge in [-0.25, -0.2) is 8.42 Å². The van der Waals surface area contributed by atoms with Crippen LogP contribution in [-0.2, 0) is 32.6 Å². The van der Waals surface area contributed by atoms with Gasteiger partial charge < -0.3 is 10.2 Å². The number of nitrogens with one attached hydrogen (secondary N) is 1. The van der Waals surface area contributed by atoms with Gasteiger partial charge in [0, 0.05) is 24.0 Å². The van der Waals surface area contributed by atoms with Crippen molar-refractivity contribution in [3.8, 4) is 0 Å². The minimum Gasteiger partial charge on any atom is -0.354 e. The quantitative estimate of drug-likeness (QED) is 0.187. The molecule has 0 aliphatic heterocycles. The number of carbonyl (C=O) groups excluding carboxylic acids is 2. The maximum atomic E-state index is 14.4. The number of carbonyl (C=O) groups is 2. The van der Waals surface area contributed by atoms with E-state index in [1.165, 1.54) is 4.90 Å². The second-order valence-corrected chi connectivity index (χ2v) is 13.1. The Bertz CT molecular complexity index is 1600. The fraction of sp³-hybridized carbons (Fsp3) is 0.235. The zero-order chi connectivity index (χ0) is 30.8. The van der Waals surface area contributed by atoms with Crippen LogP contribution in [0.5, 0.6) is 0 Å². The molecule has 224 valence electrons. The Morgan fingerprint density at radius 3 is 1.98 bits per heavy atom. The van der Waals surface area contributed by atoms with Gasteiger partial charge in [0.25, 0.3) is 10.0 Å². The van der Waals surface area contributed by atoms with Gasteiger partial charge in [-0.3, -0.25) is 13.9 Å². The van der Waals surface area contributed by atoms with E-state index in [9.17, 15) is 18.0 Å². The first-order chi connectivity index (χ1) is 20.7. The summed E-state index contributed by atoms with van der Waals surface area (Å²) < 4.78 is 30.0. The average molecular weight is 663 g/mol. The van der Waals surface area contributed by atoms with Gasteiger partial charge in [-0.1, -0.05) is 101 Å². The molecule has 0 spiro atoms. The van der Waals surface area contributed by atoms with Crippen molar-refractivity contribution in [2.75, 3.05) is 17.4 Å². The van der Waals surface area contributed by atoms with Crippen molar-refractivity contribution in [1.29, 1.82) is 0 Å². The summed E-state index contributed by atoms with van der Waals surface area (Å²) in [6.45, 7) is 3.95. The van der Waals surface area contributed by atoms with Crippen LogP contribution < -0.4 is 9.62 Å². The third kappa shape index (κ3) is 8.55. The van der Waals surface area contributed by atoms with E-state index in [4.69, 9.17) is 0 Å². The van der Waals surface area contributed by atoms with Crippen molar-refractivity contribution in [2.24, 2.45) is 0 Å². The number of amides is 2. The number of hydrogen-bond acceptors (Lipinski definition) is 4. The topological polar surface area (TPSA) is 86.8 Å². The molecule has 0 aromatic heterocycles. The summed E-state index contributed by atoms with van der Waals surface area (Å²) >= 11 is 3.41. The molecular formula is C34H36BrN3O4S. The summed E-state index contributed by atoms with van der Waals surface area (Å²) in [6.07, 6.45) is 1.01. The van der Waals surface area contributed by atoms with Crippen LogP contribution in [0.4, 0.5) is 5.69 Å². The Hall–Kier alpha value is -3.95. The van der Waals surface area contributed by atoms with Crippen LogP contribution in [0.15, 0.2) is 119 Å². The molecule has 4 aromatic rings. The Morgan fingerprint density at radius 2 is 1.40 bits per heavy atom. The van der Waals surface area contributed by atoms with Crippen molar-refractivity contribution in [2.45, 2.75) is 44.2 Å². The van der Waals surface area contributed by atoms with E-state index in [1.54, 1.807) is 48.5 Å². The molecule has 0 fully saturated rings. The van der Waals surface area contributed by atoms with E-state index >= 15 is 0 Å². The van der Waals surface area contributed by atoms with Gasteiger partial charge in [-0.05, 0) is 60.9 Å². The zero-order valence-electron chi connectivity index (χ0n) is 24.3. The molecule has 1 atom stereocenters. The van der Waals surface area contributed by atoms with Crippen LogP contribution in [-0.4, -0.2) is 44.3 Å². The minimum atomic E-state index is -4.13. The van der Waals surface area contributed by atoms with E-state index in [0.29, 0.717) is 12.2 Å². The van der Waals surface area contributed by atoms with E-state index < -0.39 is 28.5 Å². The highest BCUT2D eigenvalue weighted by Crippen LogP contribution is 2.27. The van der Waals surface area contributed by atoms with Crippen molar-refractivity contribution in [1.82, 2.24) is 10.2 Å². The normalized spacial score (nSPS) is 11.9. The summed E-state index contributed by atoms with van der Waals surface area (Å²) in [5, 5.41) is 2.96. The Morgan fingerprint density at radius 1 is 0.814 bits per heavy atom. The van der Waals surface area contributed by atoms with Crippen LogP contribution >= 0.6 is 15.9 Å². The molecule has 0 bridgehead atoms. The van der Waals surface area contributed by atoms with Gasteiger partial charge in [0.1, 0.15) is 12.6 Å². The summed E-state index contributed by atoms with van der Waals surface area (Å²) in [4.78, 5) is 29.6. The van der Waals surface area contributed by atoms with E-state index in [2.05, 4.69) is 21.2 Å². The fourth-order valence-electron chi connectivity index (χ4n) is 4.67. The summed E-state index contributed by atoms with van der Waals surface area (Å²) in [6, 6.07) is 31.4. The molecule has 43 heavy (non-hydrogen) atoms. The van der Waals surface area contributed by atoms with Crippen molar-refractivity contribution in [3.05, 3.63) is 130 Å². The Balaban J connectivity index is 1.77. The highest BCUT2D eigenvalue weighted by Gasteiger charge is 2.34. The number of nitrogens with zero attached hydrogens (tertiary/aromatic N) is 2. The molecule has 0 aliphatic rings. The second-order valence-electron chi connectivity index (χ2n) is 10.3.